The van der Waals surface area contributed by atoms with Crippen LogP contribution in [0.5, 0.6) is 0 Å². The van der Waals surface area contributed by atoms with Gasteiger partial charge in [0.15, 0.2) is 0 Å². The van der Waals surface area contributed by atoms with Gasteiger partial charge in [-0.25, -0.2) is 4.98 Å². The number of nitrogens with zero attached hydrogens (tertiary/aromatic N) is 2. The fourth-order valence-electron chi connectivity index (χ4n) is 1.78. The zero-order valence-corrected chi connectivity index (χ0v) is 12.0. The molecular formula is C13H12ClN3O4. The number of carbonyl (C=O) groups is 1. The standard InChI is InChI=1S/C13H12ClN3O4/c1-7-3-4-11(21-7)8(2)16-13(18)9-5-12(14)15-6-10(9)17(19)20/h3-6,8H,1-2H3,(H,16,18). The molecule has 0 saturated heterocycles. The molecule has 0 bridgehead atoms. The average Bonchev–Trinajstić information content (AvgIpc) is 2.85. The molecule has 1 atom stereocenters. The Morgan fingerprint density at radius 1 is 1.52 bits per heavy atom. The van der Waals surface area contributed by atoms with E-state index >= 15 is 0 Å². The van der Waals surface area contributed by atoms with Gasteiger partial charge in [-0.3, -0.25) is 14.9 Å². The van der Waals surface area contributed by atoms with Crippen molar-refractivity contribution in [2.24, 2.45) is 0 Å². The molecule has 2 heterocycles. The number of nitrogens with one attached hydrogen (secondary N) is 1. The quantitative estimate of drug-likeness (QED) is 0.531. The van der Waals surface area contributed by atoms with Crippen LogP contribution in [0.4, 0.5) is 5.69 Å². The normalized spacial score (nSPS) is 12.0. The van der Waals surface area contributed by atoms with Gasteiger partial charge in [0.05, 0.1) is 11.0 Å². The molecule has 2 aromatic rings. The minimum absolute atomic E-state index is 0.00671. The van der Waals surface area contributed by atoms with E-state index in [0.29, 0.717) is 11.5 Å². The summed E-state index contributed by atoms with van der Waals surface area (Å²) < 4.78 is 5.40. The fraction of sp³-hybridized carbons (Fsp3) is 0.231. The Morgan fingerprint density at radius 3 is 2.81 bits per heavy atom. The third-order valence-corrected chi connectivity index (χ3v) is 3.03. The minimum atomic E-state index is -0.681. The Kier molecular flexibility index (Phi) is 4.23. The maximum Gasteiger partial charge on any atom is 0.300 e. The molecule has 21 heavy (non-hydrogen) atoms. The Labute approximate surface area is 125 Å². The maximum atomic E-state index is 12.2. The molecule has 2 aromatic heterocycles. The molecule has 2 rings (SSSR count). The number of hydrogen-bond donors (Lipinski definition) is 1. The van der Waals surface area contributed by atoms with Gasteiger partial charge in [0.2, 0.25) is 0 Å². The highest BCUT2D eigenvalue weighted by molar-refractivity contribution is 6.29. The summed E-state index contributed by atoms with van der Waals surface area (Å²) in [5, 5.41) is 13.6. The van der Waals surface area contributed by atoms with Gasteiger partial charge in [-0.05, 0) is 32.0 Å². The molecule has 0 fully saturated rings. The van der Waals surface area contributed by atoms with E-state index in [1.165, 1.54) is 0 Å². The summed E-state index contributed by atoms with van der Waals surface area (Å²) in [5.74, 6) is 0.653. The van der Waals surface area contributed by atoms with Crippen LogP contribution >= 0.6 is 11.6 Å². The van der Waals surface area contributed by atoms with E-state index in [2.05, 4.69) is 10.3 Å². The van der Waals surface area contributed by atoms with Crippen molar-refractivity contribution in [1.29, 1.82) is 0 Å². The van der Waals surface area contributed by atoms with Gasteiger partial charge in [0, 0.05) is 0 Å². The molecule has 110 valence electrons. The summed E-state index contributed by atoms with van der Waals surface area (Å²) >= 11 is 5.69. The lowest BCUT2D eigenvalue weighted by atomic mass is 10.2. The molecule has 0 saturated carbocycles. The lowest BCUT2D eigenvalue weighted by molar-refractivity contribution is -0.385. The van der Waals surface area contributed by atoms with Crippen molar-refractivity contribution in [3.05, 3.63) is 56.7 Å². The third-order valence-electron chi connectivity index (χ3n) is 2.83. The van der Waals surface area contributed by atoms with Gasteiger partial charge >= 0.3 is 0 Å². The van der Waals surface area contributed by atoms with Gasteiger partial charge in [-0.15, -0.1) is 0 Å². The van der Waals surface area contributed by atoms with Crippen LogP contribution in [0.15, 0.2) is 28.8 Å². The molecular weight excluding hydrogens is 298 g/mol. The van der Waals surface area contributed by atoms with Crippen molar-refractivity contribution in [2.75, 3.05) is 0 Å². The highest BCUT2D eigenvalue weighted by Gasteiger charge is 2.23. The van der Waals surface area contributed by atoms with Crippen LogP contribution in [0.2, 0.25) is 5.15 Å². The lowest BCUT2D eigenvalue weighted by Gasteiger charge is -2.11. The number of pyridine rings is 1. The first kappa shape index (κ1) is 15.0. The molecule has 0 aliphatic rings. The van der Waals surface area contributed by atoms with E-state index in [-0.39, 0.29) is 10.7 Å². The summed E-state index contributed by atoms with van der Waals surface area (Å²) in [5.41, 5.74) is -0.546. The number of nitro groups is 1. The Hall–Kier alpha value is -2.41. The SMILES string of the molecule is Cc1ccc(C(C)NC(=O)c2cc(Cl)ncc2[N+](=O)[O-])o1. The van der Waals surface area contributed by atoms with E-state index in [9.17, 15) is 14.9 Å². The predicted molar refractivity (Wildman–Crippen MR) is 75.2 cm³/mol. The topological polar surface area (TPSA) is 98.3 Å². The first-order valence-corrected chi connectivity index (χ1v) is 6.43. The number of carbonyl (C=O) groups excluding carboxylic acids is 1. The fourth-order valence-corrected chi connectivity index (χ4v) is 1.94. The second-order valence-electron chi connectivity index (χ2n) is 4.42. The monoisotopic (exact) mass is 309 g/mol. The first-order chi connectivity index (χ1) is 9.88. The van der Waals surface area contributed by atoms with Crippen molar-refractivity contribution in [3.63, 3.8) is 0 Å². The van der Waals surface area contributed by atoms with Crippen LogP contribution in [-0.2, 0) is 0 Å². The van der Waals surface area contributed by atoms with Crippen LogP contribution in [0.3, 0.4) is 0 Å². The van der Waals surface area contributed by atoms with E-state index in [0.717, 1.165) is 12.3 Å². The molecule has 0 aromatic carbocycles. The smallest absolute Gasteiger partial charge is 0.300 e. The summed E-state index contributed by atoms with van der Waals surface area (Å²) in [4.78, 5) is 26.0. The molecule has 0 radical (unpaired) electrons. The molecule has 1 N–H and O–H groups in total. The number of aromatic nitrogens is 1. The highest BCUT2D eigenvalue weighted by atomic mass is 35.5. The van der Waals surface area contributed by atoms with Gasteiger partial charge < -0.3 is 9.73 Å². The average molecular weight is 310 g/mol. The summed E-state index contributed by atoms with van der Waals surface area (Å²) in [6.45, 7) is 3.50. The van der Waals surface area contributed by atoms with Crippen LogP contribution in [0.25, 0.3) is 0 Å². The number of hydrogen-bond acceptors (Lipinski definition) is 5. The second-order valence-corrected chi connectivity index (χ2v) is 4.81. The Bertz CT molecular complexity index is 698. The van der Waals surface area contributed by atoms with Crippen molar-refractivity contribution >= 4 is 23.2 Å². The van der Waals surface area contributed by atoms with Gasteiger partial charge in [0.1, 0.15) is 28.4 Å². The number of furan rings is 1. The largest absolute Gasteiger partial charge is 0.464 e. The molecule has 1 unspecified atom stereocenters. The zero-order valence-electron chi connectivity index (χ0n) is 11.3. The number of rotatable bonds is 4. The molecule has 0 aliphatic carbocycles. The third kappa shape index (κ3) is 3.38. The molecule has 7 nitrogen and oxygen atoms in total. The first-order valence-electron chi connectivity index (χ1n) is 6.05. The summed E-state index contributed by atoms with van der Waals surface area (Å²) in [6, 6.07) is 4.23. The molecule has 1 amide bonds. The van der Waals surface area contributed by atoms with Gasteiger partial charge in [0.25, 0.3) is 11.6 Å². The maximum absolute atomic E-state index is 12.2. The number of amides is 1. The zero-order chi connectivity index (χ0) is 15.6. The predicted octanol–water partition coefficient (Wildman–Crippen LogP) is 3.04. The Morgan fingerprint density at radius 2 is 2.24 bits per heavy atom. The molecule has 0 spiro atoms. The second kappa shape index (κ2) is 5.92. The van der Waals surface area contributed by atoms with Crippen LogP contribution in [0.1, 0.15) is 34.8 Å². The van der Waals surface area contributed by atoms with Crippen LogP contribution in [-0.4, -0.2) is 15.8 Å². The van der Waals surface area contributed by atoms with Gasteiger partial charge in [-0.2, -0.15) is 0 Å². The van der Waals surface area contributed by atoms with E-state index in [1.54, 1.807) is 26.0 Å². The van der Waals surface area contributed by atoms with Gasteiger partial charge in [-0.1, -0.05) is 11.6 Å². The van der Waals surface area contributed by atoms with E-state index < -0.39 is 22.6 Å². The summed E-state index contributed by atoms with van der Waals surface area (Å²) in [6.07, 6.45) is 0.957. The van der Waals surface area contributed by atoms with E-state index in [1.807, 2.05) is 0 Å². The number of halogens is 1. The highest BCUT2D eigenvalue weighted by Crippen LogP contribution is 2.22. The Balaban J connectivity index is 2.24. The lowest BCUT2D eigenvalue weighted by Crippen LogP contribution is -2.27. The van der Waals surface area contributed by atoms with Crippen molar-refractivity contribution in [3.8, 4) is 0 Å². The van der Waals surface area contributed by atoms with Crippen molar-refractivity contribution in [1.82, 2.24) is 10.3 Å². The molecule has 0 aliphatic heterocycles. The number of aryl methyl sites for hydroxylation is 1. The molecule has 8 heteroatoms. The van der Waals surface area contributed by atoms with Crippen LogP contribution in [0, 0.1) is 17.0 Å². The minimum Gasteiger partial charge on any atom is -0.464 e. The van der Waals surface area contributed by atoms with Crippen molar-refractivity contribution < 1.29 is 14.1 Å². The van der Waals surface area contributed by atoms with Crippen molar-refractivity contribution in [2.45, 2.75) is 19.9 Å². The van der Waals surface area contributed by atoms with Crippen LogP contribution < -0.4 is 5.32 Å². The van der Waals surface area contributed by atoms with E-state index in [4.69, 9.17) is 16.0 Å². The summed E-state index contributed by atoms with van der Waals surface area (Å²) in [7, 11) is 0.